The summed E-state index contributed by atoms with van der Waals surface area (Å²) in [7, 11) is 0. The molecule has 4 aliphatic rings. The van der Waals surface area contributed by atoms with E-state index >= 15 is 0 Å². The van der Waals surface area contributed by atoms with Gasteiger partial charge in [-0.05, 0) is 67.1 Å². The van der Waals surface area contributed by atoms with Crippen LogP contribution in [0, 0.1) is 16.7 Å². The van der Waals surface area contributed by atoms with E-state index in [1.165, 1.54) is 23.0 Å². The molecule has 6 nitrogen and oxygen atoms in total. The van der Waals surface area contributed by atoms with Crippen molar-refractivity contribution in [3.05, 3.63) is 52.5 Å². The molecule has 3 unspecified atom stereocenters. The number of pyridine rings is 1. The van der Waals surface area contributed by atoms with Gasteiger partial charge in [0, 0.05) is 29.1 Å². The second-order valence-corrected chi connectivity index (χ2v) is 10.3. The van der Waals surface area contributed by atoms with Crippen molar-refractivity contribution < 1.29 is 15.0 Å². The van der Waals surface area contributed by atoms with Crippen LogP contribution in [0.25, 0.3) is 10.8 Å². The van der Waals surface area contributed by atoms with Crippen LogP contribution in [-0.4, -0.2) is 33.9 Å². The average molecular weight is 423 g/mol. The first-order chi connectivity index (χ1) is 14.8. The van der Waals surface area contributed by atoms with Crippen LogP contribution in [0.1, 0.15) is 51.5 Å². The van der Waals surface area contributed by atoms with Gasteiger partial charge in [-0.3, -0.25) is 9.59 Å². The van der Waals surface area contributed by atoms with Crippen LogP contribution in [0.2, 0.25) is 0 Å². The van der Waals surface area contributed by atoms with E-state index < -0.39 is 6.04 Å². The van der Waals surface area contributed by atoms with Crippen molar-refractivity contribution in [2.24, 2.45) is 16.7 Å². The number of rotatable bonds is 6. The fourth-order valence-corrected chi connectivity index (χ4v) is 6.92. The summed E-state index contributed by atoms with van der Waals surface area (Å²) in [5, 5.41) is 23.1. The Hall–Kier alpha value is -2.44. The molecule has 6 heteroatoms. The van der Waals surface area contributed by atoms with Gasteiger partial charge >= 0.3 is 0 Å². The lowest BCUT2D eigenvalue weighted by Gasteiger charge is -2.57. The minimum Gasteiger partial charge on any atom is -0.394 e. The van der Waals surface area contributed by atoms with E-state index in [-0.39, 0.29) is 35.5 Å². The van der Waals surface area contributed by atoms with Gasteiger partial charge in [0.25, 0.3) is 5.56 Å². The molecule has 31 heavy (non-hydrogen) atoms. The van der Waals surface area contributed by atoms with Gasteiger partial charge in [-0.2, -0.15) is 0 Å². The van der Waals surface area contributed by atoms with Crippen LogP contribution >= 0.6 is 0 Å². The highest BCUT2D eigenvalue weighted by Gasteiger charge is 2.52. The molecule has 0 saturated heterocycles. The normalized spacial score (nSPS) is 28.9. The molecule has 1 aromatic carbocycles. The average Bonchev–Trinajstić information content (AvgIpc) is 2.68. The lowest BCUT2D eigenvalue weighted by molar-refractivity contribution is -0.121. The molecule has 2 fully saturated rings. The zero-order valence-corrected chi connectivity index (χ0v) is 17.9. The third-order valence-electron chi connectivity index (χ3n) is 7.56. The Morgan fingerprint density at radius 3 is 2.74 bits per heavy atom. The predicted molar refractivity (Wildman–Crippen MR) is 120 cm³/mol. The first kappa shape index (κ1) is 20.5. The number of anilines is 1. The fourth-order valence-electron chi connectivity index (χ4n) is 6.92. The molecule has 1 amide bonds. The number of amides is 1. The van der Waals surface area contributed by atoms with E-state index in [0.717, 1.165) is 19.3 Å². The molecule has 2 saturated carbocycles. The molecule has 0 aliphatic heterocycles. The number of hydrogen-bond donors (Lipinski definition) is 3. The standard InChI is InChI=1S/C25H30N2O4/c1-24-8-16-7-17(9-24)11-25(10-16,15-24)12-22(30)26-21-4-2-3-20-19(21)5-6-27(23(20)31)18(13-28)14-29/h2-6,8,17-18,28-29H,7,9-15H2,1H3,(H,26,30). The lowest BCUT2D eigenvalue weighted by Crippen LogP contribution is -2.47. The summed E-state index contributed by atoms with van der Waals surface area (Å²) in [4.78, 5) is 26.0. The topological polar surface area (TPSA) is 91.6 Å². The number of aliphatic hydroxyl groups is 2. The van der Waals surface area contributed by atoms with Crippen molar-refractivity contribution >= 4 is 22.4 Å². The summed E-state index contributed by atoms with van der Waals surface area (Å²) in [6.07, 6.45) is 10.3. The molecule has 3 N–H and O–H groups in total. The summed E-state index contributed by atoms with van der Waals surface area (Å²) < 4.78 is 1.35. The number of aliphatic hydroxyl groups excluding tert-OH is 2. The van der Waals surface area contributed by atoms with E-state index in [1.54, 1.807) is 24.4 Å². The first-order valence-electron chi connectivity index (χ1n) is 11.2. The second kappa shape index (κ2) is 7.31. The van der Waals surface area contributed by atoms with Crippen molar-refractivity contribution in [3.8, 4) is 0 Å². The summed E-state index contributed by atoms with van der Waals surface area (Å²) in [6.45, 7) is 1.69. The monoisotopic (exact) mass is 422 g/mol. The van der Waals surface area contributed by atoms with E-state index in [0.29, 0.717) is 28.8 Å². The molecule has 4 aliphatic carbocycles. The van der Waals surface area contributed by atoms with Gasteiger partial charge in [0.05, 0.1) is 19.3 Å². The zero-order chi connectivity index (χ0) is 21.8. The van der Waals surface area contributed by atoms with Gasteiger partial charge < -0.3 is 20.1 Å². The molecule has 1 heterocycles. The van der Waals surface area contributed by atoms with Gasteiger partial charge in [-0.1, -0.05) is 24.6 Å². The van der Waals surface area contributed by atoms with Gasteiger partial charge in [0.2, 0.25) is 5.91 Å². The van der Waals surface area contributed by atoms with E-state index in [9.17, 15) is 19.8 Å². The summed E-state index contributed by atoms with van der Waals surface area (Å²) in [6, 6.07) is 6.38. The molecule has 2 aromatic rings. The highest BCUT2D eigenvalue weighted by Crippen LogP contribution is 2.63. The quantitative estimate of drug-likeness (QED) is 0.623. The van der Waals surface area contributed by atoms with Crippen molar-refractivity contribution in [1.29, 1.82) is 0 Å². The molecule has 1 aromatic heterocycles. The number of hydrogen-bond acceptors (Lipinski definition) is 4. The van der Waals surface area contributed by atoms with Crippen LogP contribution in [0.15, 0.2) is 46.9 Å². The van der Waals surface area contributed by atoms with Crippen molar-refractivity contribution in [2.75, 3.05) is 18.5 Å². The Kier molecular flexibility index (Phi) is 4.83. The Balaban J connectivity index is 1.40. The number of allylic oxidation sites excluding steroid dienone is 2. The lowest BCUT2D eigenvalue weighted by atomic mass is 9.48. The molecule has 164 valence electrons. The largest absolute Gasteiger partial charge is 0.394 e. The molecule has 6 rings (SSSR count). The zero-order valence-electron chi connectivity index (χ0n) is 17.9. The number of carbonyl (C=O) groups excluding carboxylic acids is 1. The molecule has 4 bridgehead atoms. The predicted octanol–water partition coefficient (Wildman–Crippen LogP) is 3.38. The van der Waals surface area contributed by atoms with Gasteiger partial charge in [0.15, 0.2) is 0 Å². The minimum absolute atomic E-state index is 0.00595. The number of nitrogens with zero attached hydrogens (tertiary/aromatic N) is 1. The Bertz CT molecular complexity index is 1130. The highest BCUT2D eigenvalue weighted by molar-refractivity contribution is 6.02. The highest BCUT2D eigenvalue weighted by atomic mass is 16.3. The molecule has 0 radical (unpaired) electrons. The molecule has 0 spiro atoms. The minimum atomic E-state index is -0.679. The number of fused-ring (bicyclic) bond motifs is 1. The Labute approximate surface area is 181 Å². The Morgan fingerprint density at radius 1 is 1.23 bits per heavy atom. The van der Waals surface area contributed by atoms with Gasteiger partial charge in [0.1, 0.15) is 0 Å². The summed E-state index contributed by atoms with van der Waals surface area (Å²) in [5.41, 5.74) is 2.19. The molecular weight excluding hydrogens is 392 g/mol. The smallest absolute Gasteiger partial charge is 0.258 e. The van der Waals surface area contributed by atoms with Crippen molar-refractivity contribution in [1.82, 2.24) is 4.57 Å². The maximum Gasteiger partial charge on any atom is 0.258 e. The second-order valence-electron chi connectivity index (χ2n) is 10.3. The molecular formula is C25H30N2O4. The van der Waals surface area contributed by atoms with Gasteiger partial charge in [-0.25, -0.2) is 0 Å². The number of nitrogens with one attached hydrogen (secondary N) is 1. The maximum absolute atomic E-state index is 13.1. The fraction of sp³-hybridized carbons (Fsp3) is 0.520. The number of aromatic nitrogens is 1. The third-order valence-corrected chi connectivity index (χ3v) is 7.56. The first-order valence-corrected chi connectivity index (χ1v) is 11.2. The van der Waals surface area contributed by atoms with Crippen LogP contribution in [0.3, 0.4) is 0 Å². The molecule has 3 atom stereocenters. The third kappa shape index (κ3) is 3.52. The summed E-state index contributed by atoms with van der Waals surface area (Å²) >= 11 is 0. The Morgan fingerprint density at radius 2 is 2.03 bits per heavy atom. The van der Waals surface area contributed by atoms with Crippen LogP contribution in [0.5, 0.6) is 0 Å². The van der Waals surface area contributed by atoms with E-state index in [2.05, 4.69) is 18.3 Å². The number of carbonyl (C=O) groups is 1. The van der Waals surface area contributed by atoms with E-state index in [4.69, 9.17) is 0 Å². The van der Waals surface area contributed by atoms with Crippen LogP contribution in [-0.2, 0) is 4.79 Å². The van der Waals surface area contributed by atoms with Gasteiger partial charge in [-0.15, -0.1) is 0 Å². The van der Waals surface area contributed by atoms with Crippen LogP contribution < -0.4 is 10.9 Å². The summed E-state index contributed by atoms with van der Waals surface area (Å²) in [5.74, 6) is 0.716. The van der Waals surface area contributed by atoms with Crippen LogP contribution in [0.4, 0.5) is 5.69 Å². The van der Waals surface area contributed by atoms with Crippen molar-refractivity contribution in [2.45, 2.75) is 51.5 Å². The number of benzene rings is 1. The van der Waals surface area contributed by atoms with E-state index in [1.807, 2.05) is 6.07 Å². The SMILES string of the molecule is CC12C=C3CC(C1)CC(CC(=O)Nc1cccc4c(=O)n(C(CO)CO)ccc14)(C3)C2. The van der Waals surface area contributed by atoms with Crippen molar-refractivity contribution in [3.63, 3.8) is 0 Å². The maximum atomic E-state index is 13.1.